The van der Waals surface area contributed by atoms with Crippen molar-refractivity contribution in [1.29, 1.82) is 0 Å². The van der Waals surface area contributed by atoms with Gasteiger partial charge in [0.1, 0.15) is 24.2 Å². The number of likely N-dealkylation sites (tertiary alicyclic amines) is 1. The third kappa shape index (κ3) is 5.45. The maximum atomic E-state index is 12.6. The second-order valence-electron chi connectivity index (χ2n) is 7.69. The largest absolute Gasteiger partial charge is 0.497 e. The summed E-state index contributed by atoms with van der Waals surface area (Å²) in [5, 5.41) is 3.96. The Morgan fingerprint density at radius 3 is 2.78 bits per heavy atom. The number of carbonyl (C=O) groups is 1. The van der Waals surface area contributed by atoms with Crippen LogP contribution in [0.1, 0.15) is 24.3 Å². The quantitative estimate of drug-likeness (QED) is 0.506. The molecule has 1 aliphatic heterocycles. The first-order valence-corrected chi connectivity index (χ1v) is 10.6. The van der Waals surface area contributed by atoms with Crippen molar-refractivity contribution in [3.8, 4) is 22.9 Å². The van der Waals surface area contributed by atoms with Gasteiger partial charge in [0.15, 0.2) is 0 Å². The minimum Gasteiger partial charge on any atom is -0.497 e. The van der Waals surface area contributed by atoms with Crippen molar-refractivity contribution in [2.75, 3.05) is 27.3 Å². The van der Waals surface area contributed by atoms with E-state index in [1.54, 1.807) is 14.2 Å². The number of nitrogens with zero attached hydrogens (tertiary/aromatic N) is 3. The van der Waals surface area contributed by atoms with Gasteiger partial charge in [-0.15, -0.1) is 0 Å². The highest BCUT2D eigenvalue weighted by atomic mass is 16.5. The fraction of sp³-hybridized carbons (Fsp3) is 0.375. The van der Waals surface area contributed by atoms with E-state index in [1.807, 2.05) is 53.4 Å². The highest BCUT2D eigenvalue weighted by molar-refractivity contribution is 5.76. The average Bonchev–Trinajstić information content (AvgIpc) is 3.48. The summed E-state index contributed by atoms with van der Waals surface area (Å²) in [6, 6.07) is 15.4. The maximum absolute atomic E-state index is 12.6. The topological polar surface area (TPSA) is 86.9 Å². The van der Waals surface area contributed by atoms with E-state index in [0.29, 0.717) is 37.6 Å². The molecule has 1 saturated heterocycles. The minimum atomic E-state index is -0.0138. The van der Waals surface area contributed by atoms with Crippen LogP contribution in [0, 0.1) is 0 Å². The van der Waals surface area contributed by atoms with Crippen LogP contribution in [-0.2, 0) is 22.6 Å². The first-order valence-electron chi connectivity index (χ1n) is 10.6. The second-order valence-corrected chi connectivity index (χ2v) is 7.69. The molecule has 0 saturated carbocycles. The molecule has 1 amide bonds. The van der Waals surface area contributed by atoms with Gasteiger partial charge in [0.2, 0.25) is 11.7 Å². The van der Waals surface area contributed by atoms with Gasteiger partial charge >= 0.3 is 0 Å². The molecule has 4 rings (SSSR count). The van der Waals surface area contributed by atoms with Crippen LogP contribution in [0.5, 0.6) is 11.5 Å². The molecule has 0 radical (unpaired) electrons. The van der Waals surface area contributed by atoms with Gasteiger partial charge in [-0.3, -0.25) is 4.79 Å². The maximum Gasteiger partial charge on any atom is 0.252 e. The first kappa shape index (κ1) is 21.8. The lowest BCUT2D eigenvalue weighted by Gasteiger charge is -2.17. The van der Waals surface area contributed by atoms with E-state index in [4.69, 9.17) is 18.7 Å². The van der Waals surface area contributed by atoms with Crippen LogP contribution in [0.3, 0.4) is 0 Å². The molecule has 1 aliphatic rings. The van der Waals surface area contributed by atoms with Crippen LogP contribution >= 0.6 is 0 Å². The monoisotopic (exact) mass is 437 g/mol. The zero-order valence-corrected chi connectivity index (χ0v) is 18.3. The SMILES string of the molecule is COCc1nc(-c2ccc(OC3CCN(C(=O)CCc4cccc(OC)c4)C3)cc2)no1. The Labute approximate surface area is 187 Å². The molecule has 32 heavy (non-hydrogen) atoms. The van der Waals surface area contributed by atoms with Crippen molar-refractivity contribution < 1.29 is 23.5 Å². The second kappa shape index (κ2) is 10.3. The van der Waals surface area contributed by atoms with E-state index in [9.17, 15) is 4.79 Å². The van der Waals surface area contributed by atoms with Crippen LogP contribution in [0.2, 0.25) is 0 Å². The van der Waals surface area contributed by atoms with Crippen molar-refractivity contribution >= 4 is 5.91 Å². The van der Waals surface area contributed by atoms with E-state index >= 15 is 0 Å². The van der Waals surface area contributed by atoms with Crippen LogP contribution in [0.25, 0.3) is 11.4 Å². The lowest BCUT2D eigenvalue weighted by Crippen LogP contribution is -2.31. The van der Waals surface area contributed by atoms with Gasteiger partial charge < -0.3 is 23.6 Å². The van der Waals surface area contributed by atoms with Gasteiger partial charge in [0, 0.05) is 32.1 Å². The summed E-state index contributed by atoms with van der Waals surface area (Å²) in [5.41, 5.74) is 1.94. The molecule has 1 fully saturated rings. The predicted octanol–water partition coefficient (Wildman–Crippen LogP) is 3.50. The fourth-order valence-corrected chi connectivity index (χ4v) is 3.72. The third-order valence-corrected chi connectivity index (χ3v) is 5.41. The summed E-state index contributed by atoms with van der Waals surface area (Å²) < 4.78 is 21.5. The molecule has 8 nitrogen and oxygen atoms in total. The lowest BCUT2D eigenvalue weighted by molar-refractivity contribution is -0.130. The number of benzene rings is 2. The van der Waals surface area contributed by atoms with E-state index in [2.05, 4.69) is 10.1 Å². The number of ether oxygens (including phenoxy) is 3. The molecular formula is C24H27N3O5. The van der Waals surface area contributed by atoms with Gasteiger partial charge in [-0.05, 0) is 48.4 Å². The summed E-state index contributed by atoms with van der Waals surface area (Å²) in [5.74, 6) is 2.66. The molecule has 0 aliphatic carbocycles. The zero-order chi connectivity index (χ0) is 22.3. The number of aromatic nitrogens is 2. The Hall–Kier alpha value is -3.39. The molecule has 168 valence electrons. The fourth-order valence-electron chi connectivity index (χ4n) is 3.72. The third-order valence-electron chi connectivity index (χ3n) is 5.41. The van der Waals surface area contributed by atoms with Crippen molar-refractivity contribution in [1.82, 2.24) is 15.0 Å². The predicted molar refractivity (Wildman–Crippen MR) is 117 cm³/mol. The van der Waals surface area contributed by atoms with Crippen LogP contribution in [-0.4, -0.2) is 54.4 Å². The molecule has 2 heterocycles. The van der Waals surface area contributed by atoms with E-state index < -0.39 is 0 Å². The number of carbonyl (C=O) groups excluding carboxylic acids is 1. The molecule has 3 aromatic rings. The van der Waals surface area contributed by atoms with E-state index in [0.717, 1.165) is 29.0 Å². The Morgan fingerprint density at radius 1 is 1.16 bits per heavy atom. The van der Waals surface area contributed by atoms with Gasteiger partial charge in [-0.2, -0.15) is 4.98 Å². The van der Waals surface area contributed by atoms with Crippen molar-refractivity contribution in [3.63, 3.8) is 0 Å². The van der Waals surface area contributed by atoms with Crippen molar-refractivity contribution in [2.24, 2.45) is 0 Å². The van der Waals surface area contributed by atoms with Crippen LogP contribution < -0.4 is 9.47 Å². The molecule has 8 heteroatoms. The number of rotatable bonds is 9. The number of methoxy groups -OCH3 is 2. The molecule has 1 aromatic heterocycles. The summed E-state index contributed by atoms with van der Waals surface area (Å²) in [6.45, 7) is 1.60. The molecule has 0 bridgehead atoms. The Kier molecular flexibility index (Phi) is 7.01. The van der Waals surface area contributed by atoms with Gasteiger partial charge in [-0.1, -0.05) is 17.3 Å². The Balaban J connectivity index is 1.26. The van der Waals surface area contributed by atoms with Crippen molar-refractivity contribution in [3.05, 3.63) is 60.0 Å². The highest BCUT2D eigenvalue weighted by Gasteiger charge is 2.27. The summed E-state index contributed by atoms with van der Waals surface area (Å²) in [4.78, 5) is 18.8. The molecule has 1 atom stereocenters. The minimum absolute atomic E-state index is 0.0138. The number of amides is 1. The first-order chi connectivity index (χ1) is 15.6. The van der Waals surface area contributed by atoms with Crippen molar-refractivity contribution in [2.45, 2.75) is 32.0 Å². The highest BCUT2D eigenvalue weighted by Crippen LogP contribution is 2.23. The summed E-state index contributed by atoms with van der Waals surface area (Å²) in [6.07, 6.45) is 1.98. The summed E-state index contributed by atoms with van der Waals surface area (Å²) >= 11 is 0. The van der Waals surface area contributed by atoms with Gasteiger partial charge in [0.05, 0.1) is 13.7 Å². The Morgan fingerprint density at radius 2 is 2.00 bits per heavy atom. The Bertz CT molecular complexity index is 1030. The lowest BCUT2D eigenvalue weighted by atomic mass is 10.1. The molecule has 0 spiro atoms. The van der Waals surface area contributed by atoms with E-state index in [1.165, 1.54) is 0 Å². The number of aryl methyl sites for hydroxylation is 1. The van der Waals surface area contributed by atoms with Gasteiger partial charge in [-0.25, -0.2) is 0 Å². The van der Waals surface area contributed by atoms with E-state index in [-0.39, 0.29) is 18.6 Å². The smallest absolute Gasteiger partial charge is 0.252 e. The molecule has 0 N–H and O–H groups in total. The molecular weight excluding hydrogens is 410 g/mol. The van der Waals surface area contributed by atoms with Crippen LogP contribution in [0.4, 0.5) is 0 Å². The summed E-state index contributed by atoms with van der Waals surface area (Å²) in [7, 11) is 3.22. The zero-order valence-electron chi connectivity index (χ0n) is 18.3. The molecule has 2 aromatic carbocycles. The standard InChI is InChI=1S/C24H27N3O5/c1-29-16-22-25-24(26-32-22)18-7-9-19(10-8-18)31-21-12-13-27(15-21)23(28)11-6-17-4-3-5-20(14-17)30-2/h3-5,7-10,14,21H,6,11-13,15-16H2,1-2H3. The number of hydrogen-bond acceptors (Lipinski definition) is 7. The number of hydrogen-bond donors (Lipinski definition) is 0. The normalized spacial score (nSPS) is 15.7. The van der Waals surface area contributed by atoms with Gasteiger partial charge in [0.25, 0.3) is 5.89 Å². The average molecular weight is 437 g/mol. The van der Waals surface area contributed by atoms with Crippen LogP contribution in [0.15, 0.2) is 53.1 Å². The molecule has 1 unspecified atom stereocenters.